The normalized spacial score (nSPS) is 10.8. The fraction of sp³-hybridized carbons (Fsp3) is 0.133. The van der Waals surface area contributed by atoms with E-state index in [4.69, 9.17) is 0 Å². The maximum absolute atomic E-state index is 4.68. The molecular weight excluding hydrogens is 254 g/mol. The first-order valence-electron chi connectivity index (χ1n) is 6.09. The summed E-state index contributed by atoms with van der Waals surface area (Å²) in [6, 6.07) is 13.9. The minimum absolute atomic E-state index is 0.792. The number of nitrogens with zero attached hydrogens (tertiary/aromatic N) is 3. The van der Waals surface area contributed by atoms with Gasteiger partial charge < -0.3 is 0 Å². The number of aryl methyl sites for hydroxylation is 1. The van der Waals surface area contributed by atoms with Gasteiger partial charge in [0.2, 0.25) is 0 Å². The van der Waals surface area contributed by atoms with Crippen molar-refractivity contribution in [1.82, 2.24) is 15.0 Å². The van der Waals surface area contributed by atoms with Crippen LogP contribution < -0.4 is 0 Å². The van der Waals surface area contributed by atoms with Crippen molar-refractivity contribution in [3.63, 3.8) is 0 Å². The van der Waals surface area contributed by atoms with Gasteiger partial charge in [0.1, 0.15) is 0 Å². The van der Waals surface area contributed by atoms with Gasteiger partial charge in [0.25, 0.3) is 0 Å². The van der Waals surface area contributed by atoms with Gasteiger partial charge in [0, 0.05) is 11.9 Å². The van der Waals surface area contributed by atoms with E-state index in [2.05, 4.69) is 15.0 Å². The summed E-state index contributed by atoms with van der Waals surface area (Å²) >= 11 is 1.68. The summed E-state index contributed by atoms with van der Waals surface area (Å²) in [7, 11) is 0. The van der Waals surface area contributed by atoms with E-state index in [0.717, 1.165) is 33.2 Å². The Morgan fingerprint density at radius 1 is 0.947 bits per heavy atom. The van der Waals surface area contributed by atoms with Gasteiger partial charge in [-0.05, 0) is 31.2 Å². The number of hydrogen-bond donors (Lipinski definition) is 0. The standard InChI is InChI=1S/C15H13N3S/c1-11-14(10-19-15-8-4-5-9-16-15)18-13-7-3-2-6-12(13)17-11/h2-9H,10H2,1H3. The molecule has 0 spiro atoms. The third-order valence-corrected chi connectivity index (χ3v) is 3.79. The molecule has 0 aliphatic carbocycles. The molecule has 3 aromatic rings. The smallest absolute Gasteiger partial charge is 0.0963 e. The van der Waals surface area contributed by atoms with Crippen LogP contribution in [0.5, 0.6) is 0 Å². The lowest BCUT2D eigenvalue weighted by Crippen LogP contribution is -1.97. The van der Waals surface area contributed by atoms with Crippen molar-refractivity contribution >= 4 is 22.8 Å². The van der Waals surface area contributed by atoms with E-state index in [1.54, 1.807) is 18.0 Å². The third-order valence-electron chi connectivity index (χ3n) is 2.84. The fourth-order valence-electron chi connectivity index (χ4n) is 1.84. The molecule has 2 aromatic heterocycles. The summed E-state index contributed by atoms with van der Waals surface area (Å²) in [6.07, 6.45) is 1.81. The molecule has 0 N–H and O–H groups in total. The zero-order valence-corrected chi connectivity index (χ0v) is 11.4. The Balaban J connectivity index is 1.86. The largest absolute Gasteiger partial charge is 0.250 e. The minimum Gasteiger partial charge on any atom is -0.250 e. The molecular formula is C15H13N3S. The SMILES string of the molecule is Cc1nc2ccccc2nc1CSc1ccccn1. The predicted molar refractivity (Wildman–Crippen MR) is 78.1 cm³/mol. The molecule has 3 nitrogen and oxygen atoms in total. The van der Waals surface area contributed by atoms with Crippen LogP contribution in [0.25, 0.3) is 11.0 Å². The second-order valence-electron chi connectivity index (χ2n) is 4.20. The molecule has 0 aliphatic heterocycles. The van der Waals surface area contributed by atoms with Crippen molar-refractivity contribution < 1.29 is 0 Å². The van der Waals surface area contributed by atoms with Crippen LogP contribution in [0.3, 0.4) is 0 Å². The van der Waals surface area contributed by atoms with Crippen LogP contribution >= 0.6 is 11.8 Å². The van der Waals surface area contributed by atoms with Crippen LogP contribution in [0.4, 0.5) is 0 Å². The highest BCUT2D eigenvalue weighted by molar-refractivity contribution is 7.98. The van der Waals surface area contributed by atoms with E-state index in [-0.39, 0.29) is 0 Å². The molecule has 0 atom stereocenters. The van der Waals surface area contributed by atoms with Crippen molar-refractivity contribution in [2.75, 3.05) is 0 Å². The van der Waals surface area contributed by atoms with Crippen LogP contribution in [0.2, 0.25) is 0 Å². The van der Waals surface area contributed by atoms with Crippen molar-refractivity contribution in [2.24, 2.45) is 0 Å². The Labute approximate surface area is 116 Å². The third kappa shape index (κ3) is 2.74. The number of benzene rings is 1. The Hall–Kier alpha value is -1.94. The average molecular weight is 267 g/mol. The number of aromatic nitrogens is 3. The number of pyridine rings is 1. The maximum Gasteiger partial charge on any atom is 0.0963 e. The van der Waals surface area contributed by atoms with Crippen LogP contribution in [-0.2, 0) is 5.75 Å². The predicted octanol–water partition coefficient (Wildman–Crippen LogP) is 3.63. The number of fused-ring (bicyclic) bond motifs is 1. The molecule has 4 heteroatoms. The van der Waals surface area contributed by atoms with E-state index in [9.17, 15) is 0 Å². The fourth-order valence-corrected chi connectivity index (χ4v) is 2.70. The minimum atomic E-state index is 0.792. The second kappa shape index (κ2) is 5.36. The van der Waals surface area contributed by atoms with Crippen LogP contribution in [0.15, 0.2) is 53.7 Å². The molecule has 0 unspecified atom stereocenters. The van der Waals surface area contributed by atoms with Gasteiger partial charge >= 0.3 is 0 Å². The lowest BCUT2D eigenvalue weighted by atomic mass is 10.2. The molecule has 0 aliphatic rings. The molecule has 0 saturated carbocycles. The van der Waals surface area contributed by atoms with Gasteiger partial charge in [-0.3, -0.25) is 0 Å². The summed E-state index contributed by atoms with van der Waals surface area (Å²) in [5.74, 6) is 0.792. The second-order valence-corrected chi connectivity index (χ2v) is 5.20. The summed E-state index contributed by atoms with van der Waals surface area (Å²) in [5, 5.41) is 1.01. The summed E-state index contributed by atoms with van der Waals surface area (Å²) in [4.78, 5) is 13.6. The van der Waals surface area contributed by atoms with E-state index in [1.165, 1.54) is 0 Å². The van der Waals surface area contributed by atoms with Gasteiger partial charge in [-0.1, -0.05) is 30.0 Å². The van der Waals surface area contributed by atoms with Crippen molar-refractivity contribution in [1.29, 1.82) is 0 Å². The van der Waals surface area contributed by atoms with Gasteiger partial charge in [0.15, 0.2) is 0 Å². The summed E-state index contributed by atoms with van der Waals surface area (Å²) < 4.78 is 0. The van der Waals surface area contributed by atoms with Crippen molar-refractivity contribution in [3.8, 4) is 0 Å². The van der Waals surface area contributed by atoms with Crippen molar-refractivity contribution in [3.05, 3.63) is 60.0 Å². The molecule has 19 heavy (non-hydrogen) atoms. The number of hydrogen-bond acceptors (Lipinski definition) is 4. The number of rotatable bonds is 3. The molecule has 0 amide bonds. The highest BCUT2D eigenvalue weighted by Crippen LogP contribution is 2.22. The van der Waals surface area contributed by atoms with E-state index >= 15 is 0 Å². The quantitative estimate of drug-likeness (QED) is 0.679. The van der Waals surface area contributed by atoms with Gasteiger partial charge in [-0.2, -0.15) is 0 Å². The van der Waals surface area contributed by atoms with E-state index in [0.29, 0.717) is 0 Å². The maximum atomic E-state index is 4.68. The first-order valence-corrected chi connectivity index (χ1v) is 7.07. The van der Waals surface area contributed by atoms with E-state index in [1.807, 2.05) is 49.4 Å². The summed E-state index contributed by atoms with van der Waals surface area (Å²) in [6.45, 7) is 2.01. The van der Waals surface area contributed by atoms with Gasteiger partial charge in [0.05, 0.1) is 27.4 Å². The lowest BCUT2D eigenvalue weighted by molar-refractivity contribution is 1.07. The zero-order chi connectivity index (χ0) is 13.1. The number of para-hydroxylation sites is 2. The van der Waals surface area contributed by atoms with Crippen LogP contribution in [0.1, 0.15) is 11.4 Å². The molecule has 2 heterocycles. The molecule has 0 fully saturated rings. The van der Waals surface area contributed by atoms with Crippen LogP contribution in [0, 0.1) is 6.92 Å². The molecule has 0 saturated heterocycles. The highest BCUT2D eigenvalue weighted by atomic mass is 32.2. The number of thioether (sulfide) groups is 1. The Morgan fingerprint density at radius 2 is 1.68 bits per heavy atom. The molecule has 0 radical (unpaired) electrons. The van der Waals surface area contributed by atoms with Crippen molar-refractivity contribution in [2.45, 2.75) is 17.7 Å². The lowest BCUT2D eigenvalue weighted by Gasteiger charge is -2.06. The zero-order valence-electron chi connectivity index (χ0n) is 10.6. The Bertz CT molecular complexity index is 698. The first-order chi connectivity index (χ1) is 9.33. The molecule has 0 bridgehead atoms. The van der Waals surface area contributed by atoms with Gasteiger partial charge in [-0.25, -0.2) is 15.0 Å². The van der Waals surface area contributed by atoms with E-state index < -0.39 is 0 Å². The first kappa shape index (κ1) is 12.1. The molecule has 1 aromatic carbocycles. The topological polar surface area (TPSA) is 38.7 Å². The monoisotopic (exact) mass is 267 g/mol. The Morgan fingerprint density at radius 3 is 2.42 bits per heavy atom. The Kier molecular flexibility index (Phi) is 3.42. The van der Waals surface area contributed by atoms with Gasteiger partial charge in [-0.15, -0.1) is 0 Å². The summed E-state index contributed by atoms with van der Waals surface area (Å²) in [5.41, 5.74) is 3.91. The molecule has 94 valence electrons. The molecule has 3 rings (SSSR count). The van der Waals surface area contributed by atoms with Crippen LogP contribution in [-0.4, -0.2) is 15.0 Å². The average Bonchev–Trinajstić information content (AvgIpc) is 2.46. The highest BCUT2D eigenvalue weighted by Gasteiger charge is 2.05.